The fourth-order valence-corrected chi connectivity index (χ4v) is 3.37. The summed E-state index contributed by atoms with van der Waals surface area (Å²) in [6.07, 6.45) is 2.51. The van der Waals surface area contributed by atoms with E-state index in [4.69, 9.17) is 0 Å². The Kier molecular flexibility index (Phi) is 6.29. The Bertz CT molecular complexity index is 718. The molecule has 138 valence electrons. The second-order valence-corrected chi connectivity index (χ2v) is 7.36. The second kappa shape index (κ2) is 8.86. The maximum Gasteiger partial charge on any atom is 0.238 e. The molecule has 0 atom stereocenters. The number of carbonyl (C=O) groups is 1. The van der Waals surface area contributed by atoms with E-state index in [1.807, 2.05) is 18.2 Å². The van der Waals surface area contributed by atoms with Crippen molar-refractivity contribution in [3.05, 3.63) is 59.7 Å². The number of benzene rings is 2. The lowest BCUT2D eigenvalue weighted by Crippen LogP contribution is -2.32. The highest BCUT2D eigenvalue weighted by Crippen LogP contribution is 2.24. The third-order valence-corrected chi connectivity index (χ3v) is 5.00. The van der Waals surface area contributed by atoms with Gasteiger partial charge in [0.1, 0.15) is 0 Å². The first-order valence-electron chi connectivity index (χ1n) is 9.51. The predicted molar refractivity (Wildman–Crippen MR) is 109 cm³/mol. The molecule has 0 unspecified atom stereocenters. The molecule has 2 aromatic rings. The minimum atomic E-state index is -0.0165. The Hall–Kier alpha value is -2.33. The summed E-state index contributed by atoms with van der Waals surface area (Å²) in [5, 5.41) is 6.15. The molecule has 0 radical (unpaired) electrons. The van der Waals surface area contributed by atoms with Crippen molar-refractivity contribution in [2.75, 3.05) is 29.9 Å². The molecule has 0 saturated carbocycles. The van der Waals surface area contributed by atoms with E-state index < -0.39 is 0 Å². The maximum absolute atomic E-state index is 12.1. The molecule has 2 aromatic carbocycles. The maximum atomic E-state index is 12.1. The molecule has 4 nitrogen and oxygen atoms in total. The lowest BCUT2D eigenvalue weighted by atomic mass is 9.99. The summed E-state index contributed by atoms with van der Waals surface area (Å²) in [5.74, 6) is 0.814. The number of hydrogen-bond acceptors (Lipinski definition) is 3. The van der Waals surface area contributed by atoms with E-state index >= 15 is 0 Å². The predicted octanol–water partition coefficient (Wildman–Crippen LogP) is 3.96. The van der Waals surface area contributed by atoms with Crippen LogP contribution in [0.3, 0.4) is 0 Å². The number of carbonyl (C=O) groups excluding carboxylic acids is 1. The zero-order valence-electron chi connectivity index (χ0n) is 15.8. The Balaban J connectivity index is 1.44. The van der Waals surface area contributed by atoms with Gasteiger partial charge in [0, 0.05) is 31.0 Å². The molecule has 0 bridgehead atoms. The van der Waals surface area contributed by atoms with Crippen LogP contribution in [0, 0.1) is 12.8 Å². The molecule has 4 heteroatoms. The summed E-state index contributed by atoms with van der Waals surface area (Å²) in [6.45, 7) is 7.64. The SMILES string of the molecule is Cc1cccc(CNCC(=O)Nc2ccc(N3CCC(C)CC3)cc2)c1. The van der Waals surface area contributed by atoms with Gasteiger partial charge in [-0.15, -0.1) is 0 Å². The van der Waals surface area contributed by atoms with E-state index in [0.717, 1.165) is 24.7 Å². The normalized spacial score (nSPS) is 15.1. The quantitative estimate of drug-likeness (QED) is 0.828. The number of nitrogens with one attached hydrogen (secondary N) is 2. The van der Waals surface area contributed by atoms with Crippen molar-refractivity contribution < 1.29 is 4.79 Å². The smallest absolute Gasteiger partial charge is 0.238 e. The molecule has 1 amide bonds. The van der Waals surface area contributed by atoms with Gasteiger partial charge < -0.3 is 15.5 Å². The lowest BCUT2D eigenvalue weighted by Gasteiger charge is -2.32. The molecule has 3 rings (SSSR count). The average Bonchev–Trinajstić information content (AvgIpc) is 2.63. The Morgan fingerprint density at radius 1 is 1.12 bits per heavy atom. The van der Waals surface area contributed by atoms with Gasteiger partial charge in [-0.25, -0.2) is 0 Å². The van der Waals surface area contributed by atoms with E-state index in [9.17, 15) is 4.79 Å². The topological polar surface area (TPSA) is 44.4 Å². The van der Waals surface area contributed by atoms with E-state index in [-0.39, 0.29) is 5.91 Å². The molecule has 26 heavy (non-hydrogen) atoms. The highest BCUT2D eigenvalue weighted by Gasteiger charge is 2.15. The van der Waals surface area contributed by atoms with Gasteiger partial charge in [0.25, 0.3) is 0 Å². The van der Waals surface area contributed by atoms with Gasteiger partial charge in [0.05, 0.1) is 6.54 Å². The number of anilines is 2. The van der Waals surface area contributed by atoms with Crippen LogP contribution < -0.4 is 15.5 Å². The Morgan fingerprint density at radius 2 is 1.85 bits per heavy atom. The number of aryl methyl sites for hydroxylation is 1. The Labute approximate surface area is 156 Å². The largest absolute Gasteiger partial charge is 0.372 e. The number of nitrogens with zero attached hydrogens (tertiary/aromatic N) is 1. The number of hydrogen-bond donors (Lipinski definition) is 2. The molecule has 1 aliphatic rings. The first kappa shape index (κ1) is 18.5. The summed E-state index contributed by atoms with van der Waals surface area (Å²) in [4.78, 5) is 14.5. The van der Waals surface area contributed by atoms with Crippen LogP contribution >= 0.6 is 0 Å². The summed E-state index contributed by atoms with van der Waals surface area (Å²) >= 11 is 0. The standard InChI is InChI=1S/C22H29N3O/c1-17-10-12-25(13-11-17)21-8-6-20(7-9-21)24-22(26)16-23-15-19-5-3-4-18(2)14-19/h3-9,14,17,23H,10-13,15-16H2,1-2H3,(H,24,26). The van der Waals surface area contributed by atoms with E-state index in [2.05, 4.69) is 59.7 Å². The third-order valence-electron chi connectivity index (χ3n) is 5.00. The molecule has 0 aromatic heterocycles. The van der Waals surface area contributed by atoms with Crippen LogP contribution in [0.5, 0.6) is 0 Å². The van der Waals surface area contributed by atoms with Crippen LogP contribution in [-0.4, -0.2) is 25.5 Å². The van der Waals surface area contributed by atoms with Gasteiger partial charge in [-0.05, 0) is 55.5 Å². The van der Waals surface area contributed by atoms with E-state index in [0.29, 0.717) is 13.1 Å². The van der Waals surface area contributed by atoms with Gasteiger partial charge in [-0.1, -0.05) is 36.8 Å². The Morgan fingerprint density at radius 3 is 2.54 bits per heavy atom. The fourth-order valence-electron chi connectivity index (χ4n) is 3.37. The van der Waals surface area contributed by atoms with Crippen LogP contribution in [0.25, 0.3) is 0 Å². The minimum Gasteiger partial charge on any atom is -0.372 e. The monoisotopic (exact) mass is 351 g/mol. The first-order chi connectivity index (χ1) is 12.6. The lowest BCUT2D eigenvalue weighted by molar-refractivity contribution is -0.115. The van der Waals surface area contributed by atoms with Crippen molar-refractivity contribution in [3.63, 3.8) is 0 Å². The van der Waals surface area contributed by atoms with E-state index in [1.54, 1.807) is 0 Å². The van der Waals surface area contributed by atoms with Crippen molar-refractivity contribution in [3.8, 4) is 0 Å². The van der Waals surface area contributed by atoms with Crippen molar-refractivity contribution in [2.45, 2.75) is 33.2 Å². The van der Waals surface area contributed by atoms with Gasteiger partial charge in [0.15, 0.2) is 0 Å². The summed E-state index contributed by atoms with van der Waals surface area (Å²) in [7, 11) is 0. The molecule has 1 heterocycles. The number of piperidine rings is 1. The van der Waals surface area contributed by atoms with Gasteiger partial charge >= 0.3 is 0 Å². The highest BCUT2D eigenvalue weighted by atomic mass is 16.1. The molecular weight excluding hydrogens is 322 g/mol. The summed E-state index contributed by atoms with van der Waals surface area (Å²) in [5.41, 5.74) is 4.52. The second-order valence-electron chi connectivity index (χ2n) is 7.36. The van der Waals surface area contributed by atoms with Gasteiger partial charge in [0.2, 0.25) is 5.91 Å². The number of rotatable bonds is 6. The summed E-state index contributed by atoms with van der Waals surface area (Å²) in [6, 6.07) is 16.5. The molecular formula is C22H29N3O. The average molecular weight is 351 g/mol. The van der Waals surface area contributed by atoms with Crippen LogP contribution in [0.2, 0.25) is 0 Å². The molecule has 1 aliphatic heterocycles. The molecule has 0 spiro atoms. The first-order valence-corrected chi connectivity index (χ1v) is 9.51. The zero-order chi connectivity index (χ0) is 18.4. The van der Waals surface area contributed by atoms with E-state index in [1.165, 1.54) is 29.7 Å². The molecule has 1 fully saturated rings. The van der Waals surface area contributed by atoms with Crippen LogP contribution in [0.15, 0.2) is 48.5 Å². The van der Waals surface area contributed by atoms with Crippen molar-refractivity contribution >= 4 is 17.3 Å². The van der Waals surface area contributed by atoms with Crippen molar-refractivity contribution in [2.24, 2.45) is 5.92 Å². The summed E-state index contributed by atoms with van der Waals surface area (Å²) < 4.78 is 0. The molecule has 1 saturated heterocycles. The van der Waals surface area contributed by atoms with Crippen LogP contribution in [-0.2, 0) is 11.3 Å². The highest BCUT2D eigenvalue weighted by molar-refractivity contribution is 5.92. The van der Waals surface area contributed by atoms with Crippen LogP contribution in [0.1, 0.15) is 30.9 Å². The fraction of sp³-hybridized carbons (Fsp3) is 0.409. The van der Waals surface area contributed by atoms with Crippen molar-refractivity contribution in [1.82, 2.24) is 5.32 Å². The molecule has 0 aliphatic carbocycles. The van der Waals surface area contributed by atoms with Gasteiger partial charge in [-0.3, -0.25) is 4.79 Å². The zero-order valence-corrected chi connectivity index (χ0v) is 15.8. The minimum absolute atomic E-state index is 0.0165. The van der Waals surface area contributed by atoms with Crippen molar-refractivity contribution in [1.29, 1.82) is 0 Å². The number of amides is 1. The van der Waals surface area contributed by atoms with Crippen LogP contribution in [0.4, 0.5) is 11.4 Å². The third kappa shape index (κ3) is 5.33. The molecule has 2 N–H and O–H groups in total. The van der Waals surface area contributed by atoms with Gasteiger partial charge in [-0.2, -0.15) is 0 Å².